The van der Waals surface area contributed by atoms with E-state index in [9.17, 15) is 12.8 Å². The summed E-state index contributed by atoms with van der Waals surface area (Å²) in [6.07, 6.45) is 2.42. The Morgan fingerprint density at radius 2 is 2.11 bits per heavy atom. The fourth-order valence-corrected chi connectivity index (χ4v) is 3.96. The normalized spacial score (nSPS) is 17.2. The lowest BCUT2D eigenvalue weighted by molar-refractivity contribution is 0.305. The number of amidine groups is 1. The van der Waals surface area contributed by atoms with Crippen molar-refractivity contribution in [2.75, 3.05) is 24.7 Å². The van der Waals surface area contributed by atoms with E-state index >= 15 is 0 Å². The average Bonchev–Trinajstić information content (AvgIpc) is 3.06. The van der Waals surface area contributed by atoms with Gasteiger partial charge in [0.2, 0.25) is 15.8 Å². The van der Waals surface area contributed by atoms with Gasteiger partial charge in [0, 0.05) is 19.1 Å². The summed E-state index contributed by atoms with van der Waals surface area (Å²) in [6.45, 7) is 0.842. The Labute approximate surface area is 164 Å². The number of nitrogens with zero attached hydrogens (tertiary/aromatic N) is 4. The average molecular weight is 461 g/mol. The van der Waals surface area contributed by atoms with Crippen LogP contribution in [-0.4, -0.2) is 54.3 Å². The molecule has 3 N–H and O–H groups in total. The van der Waals surface area contributed by atoms with E-state index in [1.165, 1.54) is 28.8 Å². The van der Waals surface area contributed by atoms with E-state index in [0.717, 1.165) is 0 Å². The second kappa shape index (κ2) is 7.90. The summed E-state index contributed by atoms with van der Waals surface area (Å²) in [4.78, 5) is 4.21. The predicted octanol–water partition coefficient (Wildman–Crippen LogP) is 1.84. The van der Waals surface area contributed by atoms with Crippen LogP contribution in [0.3, 0.4) is 0 Å². The number of anilines is 1. The molecule has 0 unspecified atom stereocenters. The molecular formula is C15H18BrFN6O3S. The molecule has 1 aromatic carbocycles. The second-order valence-electron chi connectivity index (χ2n) is 6.14. The highest BCUT2D eigenvalue weighted by molar-refractivity contribution is 9.10. The first-order valence-electron chi connectivity index (χ1n) is 8.08. The molecule has 2 aromatic rings. The molecule has 9 nitrogen and oxygen atoms in total. The molecule has 1 aromatic heterocycles. The Balaban J connectivity index is 1.71. The maximum absolute atomic E-state index is 13.3. The molecule has 3 rings (SSSR count). The van der Waals surface area contributed by atoms with Crippen LogP contribution in [0.25, 0.3) is 0 Å². The number of aliphatic imine (C=N–C) groups is 1. The molecule has 0 saturated carbocycles. The van der Waals surface area contributed by atoms with Crippen LogP contribution < -0.4 is 11.1 Å². The van der Waals surface area contributed by atoms with Crippen molar-refractivity contribution in [3.05, 3.63) is 34.2 Å². The molecule has 0 spiro atoms. The van der Waals surface area contributed by atoms with E-state index in [1.807, 2.05) is 0 Å². The number of halogens is 2. The van der Waals surface area contributed by atoms with E-state index in [-0.39, 0.29) is 22.0 Å². The van der Waals surface area contributed by atoms with Crippen molar-refractivity contribution >= 4 is 43.3 Å². The van der Waals surface area contributed by atoms with Gasteiger partial charge < -0.3 is 11.1 Å². The molecule has 12 heteroatoms. The molecule has 1 saturated heterocycles. The van der Waals surface area contributed by atoms with Gasteiger partial charge in [-0.3, -0.25) is 0 Å². The molecule has 1 fully saturated rings. The van der Waals surface area contributed by atoms with Gasteiger partial charge in [-0.25, -0.2) is 26.7 Å². The van der Waals surface area contributed by atoms with Crippen LogP contribution in [0, 0.1) is 5.82 Å². The zero-order chi connectivity index (χ0) is 19.6. The third-order valence-electron chi connectivity index (χ3n) is 4.15. The molecule has 2 heterocycles. The van der Waals surface area contributed by atoms with Crippen molar-refractivity contribution in [2.24, 2.45) is 10.7 Å². The minimum atomic E-state index is -3.18. The van der Waals surface area contributed by atoms with Crippen LogP contribution in [0.1, 0.15) is 18.5 Å². The van der Waals surface area contributed by atoms with Crippen LogP contribution in [0.4, 0.5) is 15.9 Å². The van der Waals surface area contributed by atoms with Gasteiger partial charge in [0.1, 0.15) is 5.82 Å². The Kier molecular flexibility index (Phi) is 5.77. The highest BCUT2D eigenvalue weighted by atomic mass is 79.9. The van der Waals surface area contributed by atoms with Gasteiger partial charge in [-0.05, 0) is 57.3 Å². The molecule has 1 aliphatic heterocycles. The SMILES string of the molecule is CS(=O)(=O)N1CCC(Nc2nonc2C(N)=Nc2ccc(F)c(Br)c2)CC1. The number of sulfonamides is 1. The van der Waals surface area contributed by atoms with Gasteiger partial charge in [-0.15, -0.1) is 0 Å². The van der Waals surface area contributed by atoms with Crippen molar-refractivity contribution in [2.45, 2.75) is 18.9 Å². The third kappa shape index (κ3) is 4.82. The number of nitrogens with two attached hydrogens (primary N) is 1. The molecule has 0 amide bonds. The fraction of sp³-hybridized carbons (Fsp3) is 0.400. The number of benzene rings is 1. The maximum atomic E-state index is 13.3. The molecule has 0 aliphatic carbocycles. The highest BCUT2D eigenvalue weighted by Crippen LogP contribution is 2.24. The Morgan fingerprint density at radius 3 is 2.74 bits per heavy atom. The van der Waals surface area contributed by atoms with Gasteiger partial charge >= 0.3 is 0 Å². The lowest BCUT2D eigenvalue weighted by atomic mass is 10.1. The lowest BCUT2D eigenvalue weighted by Crippen LogP contribution is -2.42. The van der Waals surface area contributed by atoms with Gasteiger partial charge in [0.15, 0.2) is 11.5 Å². The van der Waals surface area contributed by atoms with Gasteiger partial charge in [-0.2, -0.15) is 0 Å². The molecule has 1 aliphatic rings. The molecule has 27 heavy (non-hydrogen) atoms. The van der Waals surface area contributed by atoms with Crippen molar-refractivity contribution in [1.29, 1.82) is 0 Å². The highest BCUT2D eigenvalue weighted by Gasteiger charge is 2.26. The Morgan fingerprint density at radius 1 is 1.41 bits per heavy atom. The second-order valence-corrected chi connectivity index (χ2v) is 8.97. The minimum Gasteiger partial charge on any atom is -0.382 e. The van der Waals surface area contributed by atoms with Gasteiger partial charge in [0.25, 0.3) is 0 Å². The Bertz CT molecular complexity index is 956. The molecule has 146 valence electrons. The molecule has 0 radical (unpaired) electrons. The lowest BCUT2D eigenvalue weighted by Gasteiger charge is -2.30. The first-order chi connectivity index (χ1) is 12.7. The molecule has 0 bridgehead atoms. The predicted molar refractivity (Wildman–Crippen MR) is 102 cm³/mol. The smallest absolute Gasteiger partial charge is 0.211 e. The number of nitrogens with one attached hydrogen (secondary N) is 1. The molecular weight excluding hydrogens is 443 g/mol. The van der Waals surface area contributed by atoms with E-state index in [0.29, 0.717) is 37.4 Å². The first-order valence-corrected chi connectivity index (χ1v) is 10.7. The van der Waals surface area contributed by atoms with Crippen LogP contribution >= 0.6 is 15.9 Å². The van der Waals surface area contributed by atoms with Crippen LogP contribution in [-0.2, 0) is 10.0 Å². The van der Waals surface area contributed by atoms with E-state index < -0.39 is 15.8 Å². The van der Waals surface area contributed by atoms with Gasteiger partial charge in [0.05, 0.1) is 16.4 Å². The third-order valence-corrected chi connectivity index (χ3v) is 6.06. The van der Waals surface area contributed by atoms with Crippen molar-refractivity contribution < 1.29 is 17.4 Å². The summed E-state index contributed by atoms with van der Waals surface area (Å²) >= 11 is 3.09. The van der Waals surface area contributed by atoms with Crippen molar-refractivity contribution in [3.8, 4) is 0 Å². The van der Waals surface area contributed by atoms with Crippen LogP contribution in [0.15, 0.2) is 32.3 Å². The van der Waals surface area contributed by atoms with Crippen molar-refractivity contribution in [3.63, 3.8) is 0 Å². The number of piperidine rings is 1. The molecule has 0 atom stereocenters. The topological polar surface area (TPSA) is 127 Å². The largest absolute Gasteiger partial charge is 0.382 e. The Hall–Kier alpha value is -2.05. The van der Waals surface area contributed by atoms with Crippen molar-refractivity contribution in [1.82, 2.24) is 14.6 Å². The number of aromatic nitrogens is 2. The van der Waals surface area contributed by atoms with Gasteiger partial charge in [-0.1, -0.05) is 0 Å². The van der Waals surface area contributed by atoms with Crippen LogP contribution in [0.2, 0.25) is 0 Å². The summed E-state index contributed by atoms with van der Waals surface area (Å²) in [5.41, 5.74) is 6.67. The zero-order valence-corrected chi connectivity index (χ0v) is 16.8. The first kappa shape index (κ1) is 19.7. The number of hydrogen-bond donors (Lipinski definition) is 2. The summed E-state index contributed by atoms with van der Waals surface area (Å²) < 4.78 is 43.0. The van der Waals surface area contributed by atoms with E-state index in [2.05, 4.69) is 36.6 Å². The summed E-state index contributed by atoms with van der Waals surface area (Å²) in [5.74, 6) is -0.0144. The van der Waals surface area contributed by atoms with E-state index in [4.69, 9.17) is 10.4 Å². The maximum Gasteiger partial charge on any atom is 0.211 e. The summed E-state index contributed by atoms with van der Waals surface area (Å²) in [5, 5.41) is 10.8. The van der Waals surface area contributed by atoms with E-state index in [1.54, 1.807) is 0 Å². The number of hydrogen-bond acceptors (Lipinski definition) is 7. The summed E-state index contributed by atoms with van der Waals surface area (Å²) in [7, 11) is -3.18. The fourth-order valence-electron chi connectivity index (χ4n) is 2.72. The minimum absolute atomic E-state index is 0.00131. The monoisotopic (exact) mass is 460 g/mol. The standard InChI is InChI=1S/C15H18BrFN6O3S/c1-27(24,25)23-6-4-9(5-7-23)20-15-13(21-26-22-15)14(18)19-10-2-3-12(17)11(16)8-10/h2-3,8-9H,4-7H2,1H3,(H2,18,19)(H,20,22). The van der Waals surface area contributed by atoms with Crippen LogP contribution in [0.5, 0.6) is 0 Å². The number of rotatable bonds is 5. The zero-order valence-electron chi connectivity index (χ0n) is 14.4. The quantitative estimate of drug-likeness (QED) is 0.514. The summed E-state index contributed by atoms with van der Waals surface area (Å²) in [6, 6.07) is 4.24.